The van der Waals surface area contributed by atoms with Crippen molar-refractivity contribution in [3.05, 3.63) is 11.3 Å². The lowest BCUT2D eigenvalue weighted by Crippen LogP contribution is -2.26. The lowest BCUT2D eigenvalue weighted by atomic mass is 10.1. The zero-order valence-electron chi connectivity index (χ0n) is 7.87. The average Bonchev–Trinajstić information content (AvgIpc) is 2.06. The van der Waals surface area contributed by atoms with Crippen molar-refractivity contribution in [2.24, 2.45) is 0 Å². The molecule has 4 nitrogen and oxygen atoms in total. The van der Waals surface area contributed by atoms with Gasteiger partial charge in [0.15, 0.2) is 0 Å². The molecule has 4 heteroatoms. The number of amides is 1. The molecule has 0 saturated carbocycles. The van der Waals surface area contributed by atoms with E-state index in [1.54, 1.807) is 6.92 Å². The molecule has 0 bridgehead atoms. The maximum absolute atomic E-state index is 10.1. The third-order valence-electron chi connectivity index (χ3n) is 1.67. The first kappa shape index (κ1) is 11.5. The number of hydrogen-bond acceptors (Lipinski definition) is 3. The van der Waals surface area contributed by atoms with E-state index in [1.165, 1.54) is 0 Å². The molecule has 0 aliphatic heterocycles. The summed E-state index contributed by atoms with van der Waals surface area (Å²) in [6, 6.07) is 1.46. The third kappa shape index (κ3) is 3.61. The van der Waals surface area contributed by atoms with Gasteiger partial charge in [0.1, 0.15) is 11.8 Å². The fourth-order valence-corrected chi connectivity index (χ4v) is 0.968. The Morgan fingerprint density at radius 3 is 2.77 bits per heavy atom. The molecule has 0 rings (SSSR count). The molecular formula is C9H14N2O2. The minimum Gasteiger partial charge on any atom is -0.511 e. The molecule has 1 atom stereocenters. The number of carbonyl (C=O) groups excluding carboxylic acids is 1. The van der Waals surface area contributed by atoms with E-state index in [2.05, 4.69) is 5.32 Å². The molecule has 0 spiro atoms. The van der Waals surface area contributed by atoms with E-state index in [4.69, 9.17) is 5.26 Å². The maximum Gasteiger partial charge on any atom is 0.207 e. The maximum atomic E-state index is 10.1. The highest BCUT2D eigenvalue weighted by Crippen LogP contribution is 2.10. The lowest BCUT2D eigenvalue weighted by molar-refractivity contribution is -0.109. The van der Waals surface area contributed by atoms with Crippen molar-refractivity contribution in [1.29, 1.82) is 5.26 Å². The van der Waals surface area contributed by atoms with Crippen LogP contribution in [0, 0.1) is 11.3 Å². The Morgan fingerprint density at radius 2 is 2.38 bits per heavy atom. The van der Waals surface area contributed by atoms with Crippen LogP contribution in [0.15, 0.2) is 11.3 Å². The van der Waals surface area contributed by atoms with E-state index >= 15 is 0 Å². The van der Waals surface area contributed by atoms with Gasteiger partial charge in [-0.25, -0.2) is 0 Å². The van der Waals surface area contributed by atoms with Crippen molar-refractivity contribution >= 4 is 6.41 Å². The Hall–Kier alpha value is -1.50. The van der Waals surface area contributed by atoms with E-state index in [-0.39, 0.29) is 11.3 Å². The van der Waals surface area contributed by atoms with Gasteiger partial charge in [0.05, 0.1) is 11.6 Å². The van der Waals surface area contributed by atoms with Crippen LogP contribution in [-0.4, -0.2) is 17.6 Å². The van der Waals surface area contributed by atoms with Crippen molar-refractivity contribution < 1.29 is 9.90 Å². The van der Waals surface area contributed by atoms with Gasteiger partial charge in [-0.15, -0.1) is 0 Å². The van der Waals surface area contributed by atoms with Crippen molar-refractivity contribution in [2.75, 3.05) is 0 Å². The van der Waals surface area contributed by atoms with E-state index in [0.717, 1.165) is 6.42 Å². The molecule has 0 radical (unpaired) electrons. The number of allylic oxidation sites excluding steroid dienone is 1. The number of nitrogens with zero attached hydrogens (tertiary/aromatic N) is 1. The van der Waals surface area contributed by atoms with Crippen molar-refractivity contribution in [3.8, 4) is 6.07 Å². The quantitative estimate of drug-likeness (QED) is 0.382. The Morgan fingerprint density at radius 1 is 1.77 bits per heavy atom. The first-order valence-corrected chi connectivity index (χ1v) is 4.19. The van der Waals surface area contributed by atoms with Gasteiger partial charge in [0, 0.05) is 6.42 Å². The fourth-order valence-electron chi connectivity index (χ4n) is 0.968. The molecule has 0 aromatic rings. The number of nitrogens with one attached hydrogen (secondary N) is 1. The summed E-state index contributed by atoms with van der Waals surface area (Å²) in [6.45, 7) is 3.56. The topological polar surface area (TPSA) is 73.1 Å². The largest absolute Gasteiger partial charge is 0.511 e. The van der Waals surface area contributed by atoms with Gasteiger partial charge in [-0.2, -0.15) is 5.26 Å². The summed E-state index contributed by atoms with van der Waals surface area (Å²) >= 11 is 0. The lowest BCUT2D eigenvalue weighted by Gasteiger charge is -2.10. The molecule has 0 saturated heterocycles. The van der Waals surface area contributed by atoms with Gasteiger partial charge >= 0.3 is 0 Å². The summed E-state index contributed by atoms with van der Waals surface area (Å²) in [6.07, 6.45) is 1.75. The Balaban J connectivity index is 4.57. The Kier molecular flexibility index (Phi) is 5.37. The van der Waals surface area contributed by atoms with Crippen LogP contribution in [0.4, 0.5) is 0 Å². The minimum atomic E-state index is -0.422. The monoisotopic (exact) mass is 182 g/mol. The van der Waals surface area contributed by atoms with Crippen LogP contribution in [0.2, 0.25) is 0 Å². The highest BCUT2D eigenvalue weighted by Gasteiger charge is 2.11. The number of aliphatic hydroxyl groups is 1. The first-order chi connectivity index (χ1) is 6.17. The molecule has 2 N–H and O–H groups in total. The SMILES string of the molecule is CCC/C(O)=C(/C#N)[C@H](C)NC=O. The second kappa shape index (κ2) is 6.06. The molecule has 0 heterocycles. The molecule has 0 aromatic carbocycles. The molecule has 72 valence electrons. The molecule has 0 unspecified atom stereocenters. The minimum absolute atomic E-state index is 0.0619. The summed E-state index contributed by atoms with van der Waals surface area (Å²) in [5, 5.41) is 20.5. The van der Waals surface area contributed by atoms with Crippen molar-refractivity contribution in [2.45, 2.75) is 32.7 Å². The number of rotatable bonds is 5. The van der Waals surface area contributed by atoms with Gasteiger partial charge in [-0.05, 0) is 13.3 Å². The van der Waals surface area contributed by atoms with Crippen LogP contribution in [0.25, 0.3) is 0 Å². The second-order valence-electron chi connectivity index (χ2n) is 2.73. The highest BCUT2D eigenvalue weighted by atomic mass is 16.3. The number of hydrogen-bond donors (Lipinski definition) is 2. The van der Waals surface area contributed by atoms with Gasteiger partial charge < -0.3 is 10.4 Å². The van der Waals surface area contributed by atoms with Gasteiger partial charge in [-0.3, -0.25) is 4.79 Å². The predicted octanol–water partition coefficient (Wildman–Crippen LogP) is 1.26. The van der Waals surface area contributed by atoms with E-state index < -0.39 is 6.04 Å². The summed E-state index contributed by atoms with van der Waals surface area (Å²) < 4.78 is 0. The number of nitriles is 1. The van der Waals surface area contributed by atoms with Crippen LogP contribution in [0.1, 0.15) is 26.7 Å². The van der Waals surface area contributed by atoms with Crippen LogP contribution < -0.4 is 5.32 Å². The van der Waals surface area contributed by atoms with Crippen LogP contribution in [0.5, 0.6) is 0 Å². The van der Waals surface area contributed by atoms with Crippen molar-refractivity contribution in [3.63, 3.8) is 0 Å². The second-order valence-corrected chi connectivity index (χ2v) is 2.73. The van der Waals surface area contributed by atoms with E-state index in [0.29, 0.717) is 12.8 Å². The van der Waals surface area contributed by atoms with Crippen LogP contribution >= 0.6 is 0 Å². The Bertz CT molecular complexity index is 240. The zero-order valence-corrected chi connectivity index (χ0v) is 7.87. The normalized spacial score (nSPS) is 13.9. The predicted molar refractivity (Wildman–Crippen MR) is 48.8 cm³/mol. The fraction of sp³-hybridized carbons (Fsp3) is 0.556. The molecule has 0 aromatic heterocycles. The van der Waals surface area contributed by atoms with Gasteiger partial charge in [0.2, 0.25) is 6.41 Å². The highest BCUT2D eigenvalue weighted by molar-refractivity contribution is 5.49. The Labute approximate surface area is 77.9 Å². The molecular weight excluding hydrogens is 168 g/mol. The molecule has 1 amide bonds. The van der Waals surface area contributed by atoms with Gasteiger partial charge in [0.25, 0.3) is 0 Å². The first-order valence-electron chi connectivity index (χ1n) is 4.19. The van der Waals surface area contributed by atoms with E-state index in [9.17, 15) is 9.90 Å². The smallest absolute Gasteiger partial charge is 0.207 e. The summed E-state index contributed by atoms with van der Waals surface area (Å²) in [7, 11) is 0. The standard InChI is InChI=1S/C9H14N2O2/c1-3-4-9(13)8(5-10)7(2)11-6-12/h6-7,13H,3-4H2,1-2H3,(H,11,12)/b9-8+/t7-/m0/s1. The molecule has 0 fully saturated rings. The van der Waals surface area contributed by atoms with Crippen LogP contribution in [0.3, 0.4) is 0 Å². The average molecular weight is 182 g/mol. The molecule has 0 aliphatic rings. The third-order valence-corrected chi connectivity index (χ3v) is 1.67. The van der Waals surface area contributed by atoms with Crippen LogP contribution in [-0.2, 0) is 4.79 Å². The molecule has 13 heavy (non-hydrogen) atoms. The molecule has 0 aliphatic carbocycles. The zero-order chi connectivity index (χ0) is 10.3. The number of carbonyl (C=O) groups is 1. The van der Waals surface area contributed by atoms with E-state index in [1.807, 2.05) is 13.0 Å². The summed E-state index contributed by atoms with van der Waals surface area (Å²) in [5.74, 6) is 0.0619. The van der Waals surface area contributed by atoms with Crippen molar-refractivity contribution in [1.82, 2.24) is 5.32 Å². The summed E-state index contributed by atoms with van der Waals surface area (Å²) in [5.41, 5.74) is 0.231. The number of aliphatic hydroxyl groups excluding tert-OH is 1. The summed E-state index contributed by atoms with van der Waals surface area (Å²) in [4.78, 5) is 10.1. The van der Waals surface area contributed by atoms with Gasteiger partial charge in [-0.1, -0.05) is 6.92 Å².